The van der Waals surface area contributed by atoms with E-state index in [1.807, 2.05) is 31.6 Å². The zero-order valence-corrected chi connectivity index (χ0v) is 17.0. The third kappa shape index (κ3) is 4.41. The molecule has 27 heavy (non-hydrogen) atoms. The summed E-state index contributed by atoms with van der Waals surface area (Å²) in [6, 6.07) is 8.36. The molecule has 0 radical (unpaired) electrons. The summed E-state index contributed by atoms with van der Waals surface area (Å²) in [5.41, 5.74) is 4.29. The Bertz CT molecular complexity index is 799. The van der Waals surface area contributed by atoms with Crippen molar-refractivity contribution in [3.8, 4) is 0 Å². The topological polar surface area (TPSA) is 47.4 Å². The molecule has 1 saturated heterocycles. The first-order valence-corrected chi connectivity index (χ1v) is 9.87. The van der Waals surface area contributed by atoms with Gasteiger partial charge >= 0.3 is 5.97 Å². The minimum Gasteiger partial charge on any atom is -0.466 e. The maximum atomic E-state index is 13.0. The fourth-order valence-corrected chi connectivity index (χ4v) is 4.25. The molecule has 0 spiro atoms. The molecule has 1 atom stereocenters. The van der Waals surface area contributed by atoms with Gasteiger partial charge in [-0.3, -0.25) is 14.4 Å². The van der Waals surface area contributed by atoms with E-state index in [1.54, 1.807) is 0 Å². The highest BCUT2D eigenvalue weighted by molar-refractivity contribution is 5.78. The molecule has 1 aromatic carbocycles. The standard InChI is InChI=1S/C22H31N3O2/c1-5-27-21(26)22(13-19-10-7-6-9-17(19)2)11-8-12-25(16-22)15-20-14-24(4)23-18(20)3/h6-7,9-10,14H,5,8,11-13,15-16H2,1-4H3/t22-/m1/s1. The van der Waals surface area contributed by atoms with Crippen molar-refractivity contribution in [1.82, 2.24) is 14.7 Å². The number of nitrogens with zero attached hydrogens (tertiary/aromatic N) is 3. The van der Waals surface area contributed by atoms with Crippen LogP contribution >= 0.6 is 0 Å². The van der Waals surface area contributed by atoms with E-state index in [1.165, 1.54) is 16.7 Å². The first-order valence-electron chi connectivity index (χ1n) is 9.87. The van der Waals surface area contributed by atoms with Crippen molar-refractivity contribution in [1.29, 1.82) is 0 Å². The van der Waals surface area contributed by atoms with Crippen molar-refractivity contribution in [2.75, 3.05) is 19.7 Å². The second-order valence-corrected chi connectivity index (χ2v) is 7.83. The number of aryl methyl sites for hydroxylation is 3. The highest BCUT2D eigenvalue weighted by atomic mass is 16.5. The molecule has 146 valence electrons. The second kappa shape index (κ2) is 8.26. The van der Waals surface area contributed by atoms with Gasteiger partial charge in [-0.15, -0.1) is 0 Å². The van der Waals surface area contributed by atoms with Crippen molar-refractivity contribution in [3.63, 3.8) is 0 Å². The van der Waals surface area contributed by atoms with Crippen molar-refractivity contribution < 1.29 is 9.53 Å². The molecular weight excluding hydrogens is 338 g/mol. The monoisotopic (exact) mass is 369 g/mol. The lowest BCUT2D eigenvalue weighted by molar-refractivity contribution is -0.159. The van der Waals surface area contributed by atoms with Crippen LogP contribution in [0.15, 0.2) is 30.5 Å². The average Bonchev–Trinajstić information content (AvgIpc) is 2.94. The van der Waals surface area contributed by atoms with Gasteiger partial charge < -0.3 is 4.74 Å². The Balaban J connectivity index is 1.84. The Hall–Kier alpha value is -2.14. The summed E-state index contributed by atoms with van der Waals surface area (Å²) in [5.74, 6) is -0.0548. The van der Waals surface area contributed by atoms with Crippen molar-refractivity contribution in [2.45, 2.75) is 46.6 Å². The maximum absolute atomic E-state index is 13.0. The number of hydrogen-bond donors (Lipinski definition) is 0. The molecular formula is C22H31N3O2. The molecule has 5 heteroatoms. The lowest BCUT2D eigenvalue weighted by atomic mass is 9.74. The molecule has 3 rings (SSSR count). The van der Waals surface area contributed by atoms with E-state index < -0.39 is 5.41 Å². The van der Waals surface area contributed by atoms with Gasteiger partial charge in [0.25, 0.3) is 0 Å². The molecule has 2 aromatic rings. The Labute approximate surface area is 162 Å². The van der Waals surface area contributed by atoms with Crippen LogP contribution < -0.4 is 0 Å². The Kier molecular flexibility index (Phi) is 6.00. The van der Waals surface area contributed by atoms with Crippen LogP contribution in [0.4, 0.5) is 0 Å². The molecule has 1 aliphatic rings. The van der Waals surface area contributed by atoms with Crippen molar-refractivity contribution in [3.05, 3.63) is 52.8 Å². The van der Waals surface area contributed by atoms with Crippen LogP contribution in [0.3, 0.4) is 0 Å². The number of hydrogen-bond acceptors (Lipinski definition) is 4. The van der Waals surface area contributed by atoms with Crippen LogP contribution in [0.1, 0.15) is 42.1 Å². The van der Waals surface area contributed by atoms with Gasteiger partial charge in [0.05, 0.1) is 17.7 Å². The van der Waals surface area contributed by atoms with E-state index in [0.717, 1.165) is 44.6 Å². The summed E-state index contributed by atoms with van der Waals surface area (Å²) in [5, 5.41) is 4.46. The normalized spacial score (nSPS) is 20.6. The molecule has 1 fully saturated rings. The van der Waals surface area contributed by atoms with Gasteiger partial charge in [-0.1, -0.05) is 24.3 Å². The molecule has 1 aromatic heterocycles. The van der Waals surface area contributed by atoms with Crippen LogP contribution in [0, 0.1) is 19.3 Å². The number of esters is 1. The fourth-order valence-electron chi connectivity index (χ4n) is 4.25. The summed E-state index contributed by atoms with van der Waals surface area (Å²) < 4.78 is 7.40. The highest BCUT2D eigenvalue weighted by Gasteiger charge is 2.43. The maximum Gasteiger partial charge on any atom is 0.313 e. The average molecular weight is 370 g/mol. The van der Waals surface area contributed by atoms with E-state index >= 15 is 0 Å². The Morgan fingerprint density at radius 3 is 2.70 bits per heavy atom. The summed E-state index contributed by atoms with van der Waals surface area (Å²) in [6.45, 7) is 9.04. The van der Waals surface area contributed by atoms with Crippen molar-refractivity contribution >= 4 is 5.97 Å². The predicted molar refractivity (Wildman–Crippen MR) is 106 cm³/mol. The van der Waals surface area contributed by atoms with E-state index in [-0.39, 0.29) is 5.97 Å². The van der Waals surface area contributed by atoms with E-state index in [4.69, 9.17) is 4.74 Å². The van der Waals surface area contributed by atoms with E-state index in [0.29, 0.717) is 6.61 Å². The number of piperidine rings is 1. The smallest absolute Gasteiger partial charge is 0.313 e. The number of rotatable bonds is 6. The molecule has 1 aliphatic heterocycles. The lowest BCUT2D eigenvalue weighted by Gasteiger charge is -2.41. The van der Waals surface area contributed by atoms with Gasteiger partial charge in [-0.25, -0.2) is 0 Å². The zero-order valence-electron chi connectivity index (χ0n) is 17.0. The van der Waals surface area contributed by atoms with Gasteiger partial charge in [-0.05, 0) is 57.7 Å². The van der Waals surface area contributed by atoms with Crippen LogP contribution in [-0.4, -0.2) is 40.3 Å². The van der Waals surface area contributed by atoms with Gasteiger partial charge in [0.15, 0.2) is 0 Å². The Morgan fingerprint density at radius 2 is 2.04 bits per heavy atom. The van der Waals surface area contributed by atoms with Crippen LogP contribution in [0.25, 0.3) is 0 Å². The highest BCUT2D eigenvalue weighted by Crippen LogP contribution is 2.36. The molecule has 5 nitrogen and oxygen atoms in total. The minimum atomic E-state index is -0.476. The van der Waals surface area contributed by atoms with Crippen molar-refractivity contribution in [2.24, 2.45) is 12.5 Å². The quantitative estimate of drug-likeness (QED) is 0.732. The molecule has 0 bridgehead atoms. The number of ether oxygens (including phenoxy) is 1. The first-order chi connectivity index (χ1) is 12.9. The predicted octanol–water partition coefficient (Wildman–Crippen LogP) is 3.42. The van der Waals surface area contributed by atoms with Gasteiger partial charge in [-0.2, -0.15) is 5.10 Å². The number of likely N-dealkylation sites (tertiary alicyclic amines) is 1. The molecule has 0 aliphatic carbocycles. The van der Waals surface area contributed by atoms with Crippen LogP contribution in [0.2, 0.25) is 0 Å². The summed E-state index contributed by atoms with van der Waals surface area (Å²) in [4.78, 5) is 15.4. The van der Waals surface area contributed by atoms with Crippen LogP contribution in [-0.2, 0) is 29.5 Å². The molecule has 0 N–H and O–H groups in total. The number of aromatic nitrogens is 2. The Morgan fingerprint density at radius 1 is 1.26 bits per heavy atom. The summed E-state index contributed by atoms with van der Waals surface area (Å²) in [6.07, 6.45) is 4.70. The largest absolute Gasteiger partial charge is 0.466 e. The zero-order chi connectivity index (χ0) is 19.4. The number of benzene rings is 1. The molecule has 0 amide bonds. The minimum absolute atomic E-state index is 0.0548. The van der Waals surface area contributed by atoms with E-state index in [9.17, 15) is 4.79 Å². The molecule has 0 saturated carbocycles. The van der Waals surface area contributed by atoms with Crippen LogP contribution in [0.5, 0.6) is 0 Å². The van der Waals surface area contributed by atoms with E-state index in [2.05, 4.69) is 41.3 Å². The number of carbonyl (C=O) groups excluding carboxylic acids is 1. The SMILES string of the molecule is CCOC(=O)[C@@]1(Cc2ccccc2C)CCCN(Cc2cn(C)nc2C)C1. The van der Waals surface area contributed by atoms with Gasteiger partial charge in [0, 0.05) is 31.9 Å². The fraction of sp³-hybridized carbons (Fsp3) is 0.545. The third-order valence-corrected chi connectivity index (χ3v) is 5.66. The molecule has 0 unspecified atom stereocenters. The molecule has 2 heterocycles. The lowest BCUT2D eigenvalue weighted by Crippen LogP contribution is -2.49. The third-order valence-electron chi connectivity index (χ3n) is 5.66. The van der Waals surface area contributed by atoms with Gasteiger partial charge in [0.2, 0.25) is 0 Å². The summed E-state index contributed by atoms with van der Waals surface area (Å²) >= 11 is 0. The van der Waals surface area contributed by atoms with Gasteiger partial charge in [0.1, 0.15) is 0 Å². The summed E-state index contributed by atoms with van der Waals surface area (Å²) in [7, 11) is 1.95. The first kappa shape index (κ1) is 19.6. The number of carbonyl (C=O) groups is 1. The second-order valence-electron chi connectivity index (χ2n) is 7.83.